The van der Waals surface area contributed by atoms with E-state index in [-0.39, 0.29) is 18.3 Å². The van der Waals surface area contributed by atoms with Gasteiger partial charge in [-0.3, -0.25) is 9.59 Å². The number of nitrogens with zero attached hydrogens (tertiary/aromatic N) is 1. The van der Waals surface area contributed by atoms with Gasteiger partial charge in [0.15, 0.2) is 0 Å². The molecule has 118 valence electrons. The number of ether oxygens (including phenoxy) is 1. The van der Waals surface area contributed by atoms with Crippen LogP contribution in [0.5, 0.6) is 0 Å². The van der Waals surface area contributed by atoms with E-state index in [0.717, 1.165) is 31.5 Å². The first kappa shape index (κ1) is 14.9. The largest absolute Gasteiger partial charge is 0.469 e. The Morgan fingerprint density at radius 3 is 2.59 bits per heavy atom. The molecule has 5 heteroatoms. The van der Waals surface area contributed by atoms with Crippen LogP contribution < -0.4 is 5.73 Å². The van der Waals surface area contributed by atoms with Crippen molar-refractivity contribution in [2.45, 2.75) is 32.1 Å². The van der Waals surface area contributed by atoms with Gasteiger partial charge in [0.25, 0.3) is 0 Å². The molecule has 1 heterocycles. The van der Waals surface area contributed by atoms with Gasteiger partial charge in [-0.25, -0.2) is 0 Å². The van der Waals surface area contributed by atoms with Gasteiger partial charge in [-0.2, -0.15) is 0 Å². The smallest absolute Gasteiger partial charge is 0.310 e. The van der Waals surface area contributed by atoms with Crippen molar-refractivity contribution in [2.24, 2.45) is 5.41 Å². The predicted octanol–water partition coefficient (Wildman–Crippen LogP) is 1.71. The molecule has 2 aliphatic rings. The lowest BCUT2D eigenvalue weighted by Crippen LogP contribution is -2.62. The Balaban J connectivity index is 1.60. The fraction of sp³-hybridized carbons (Fsp3) is 0.529. The lowest BCUT2D eigenvalue weighted by Gasteiger charge is -2.59. The Kier molecular flexibility index (Phi) is 3.59. The number of likely N-dealkylation sites (tertiary alicyclic amines) is 1. The molecule has 1 aliphatic carbocycles. The standard InChI is InChI=1S/C17H22N2O3/c1-11(20)19-9-17(10-19)7-14(8-17)12-3-4-13(15(18)5-12)6-16(21)22-2/h3-5,14H,6-10,18H2,1-2H3. The SMILES string of the molecule is COC(=O)Cc1ccc(C2CC3(C2)CN(C(C)=O)C3)cc1N. The minimum Gasteiger partial charge on any atom is -0.469 e. The molecule has 2 fully saturated rings. The van der Waals surface area contributed by atoms with Crippen molar-refractivity contribution >= 4 is 17.6 Å². The molecule has 1 aromatic rings. The first-order chi connectivity index (χ1) is 10.4. The van der Waals surface area contributed by atoms with Gasteiger partial charge in [-0.1, -0.05) is 12.1 Å². The summed E-state index contributed by atoms with van der Waals surface area (Å²) in [6.45, 7) is 3.42. The first-order valence-electron chi connectivity index (χ1n) is 7.63. The number of benzene rings is 1. The van der Waals surface area contributed by atoms with Gasteiger partial charge >= 0.3 is 5.97 Å². The monoisotopic (exact) mass is 302 g/mol. The second kappa shape index (κ2) is 5.30. The fourth-order valence-electron chi connectivity index (χ4n) is 3.72. The van der Waals surface area contributed by atoms with E-state index in [1.165, 1.54) is 12.7 Å². The zero-order chi connectivity index (χ0) is 15.9. The van der Waals surface area contributed by atoms with Crippen LogP contribution in [-0.4, -0.2) is 37.0 Å². The highest BCUT2D eigenvalue weighted by Crippen LogP contribution is 2.56. The van der Waals surface area contributed by atoms with Crippen LogP contribution in [0.4, 0.5) is 5.69 Å². The van der Waals surface area contributed by atoms with Gasteiger partial charge in [0.05, 0.1) is 13.5 Å². The van der Waals surface area contributed by atoms with Gasteiger partial charge in [0.1, 0.15) is 0 Å². The van der Waals surface area contributed by atoms with E-state index in [1.54, 1.807) is 6.92 Å². The van der Waals surface area contributed by atoms with E-state index in [9.17, 15) is 9.59 Å². The average Bonchev–Trinajstić information content (AvgIpc) is 2.38. The van der Waals surface area contributed by atoms with Crippen LogP contribution in [0.15, 0.2) is 18.2 Å². The number of rotatable bonds is 3. The van der Waals surface area contributed by atoms with E-state index in [2.05, 4.69) is 10.8 Å². The summed E-state index contributed by atoms with van der Waals surface area (Å²) in [5, 5.41) is 0. The van der Waals surface area contributed by atoms with E-state index in [0.29, 0.717) is 17.0 Å². The van der Waals surface area contributed by atoms with Crippen LogP contribution in [0.25, 0.3) is 0 Å². The van der Waals surface area contributed by atoms with Crippen molar-refractivity contribution < 1.29 is 14.3 Å². The number of nitrogen functional groups attached to an aromatic ring is 1. The third-order valence-electron chi connectivity index (χ3n) is 5.06. The van der Waals surface area contributed by atoms with Gasteiger partial charge in [0, 0.05) is 31.1 Å². The van der Waals surface area contributed by atoms with Crippen molar-refractivity contribution in [3.63, 3.8) is 0 Å². The molecule has 1 aromatic carbocycles. The molecular formula is C17H22N2O3. The molecule has 3 rings (SSSR count). The second-order valence-electron chi connectivity index (χ2n) is 6.69. The zero-order valence-electron chi connectivity index (χ0n) is 13.1. The van der Waals surface area contributed by atoms with Gasteiger partial charge in [-0.05, 0) is 36.0 Å². The van der Waals surface area contributed by atoms with E-state index < -0.39 is 0 Å². The summed E-state index contributed by atoms with van der Waals surface area (Å²) in [7, 11) is 1.38. The maximum Gasteiger partial charge on any atom is 0.310 e. The van der Waals surface area contributed by atoms with Crippen molar-refractivity contribution in [1.29, 1.82) is 0 Å². The van der Waals surface area contributed by atoms with Gasteiger partial charge in [-0.15, -0.1) is 0 Å². The van der Waals surface area contributed by atoms with Crippen LogP contribution in [0.1, 0.15) is 36.8 Å². The van der Waals surface area contributed by atoms with E-state index in [4.69, 9.17) is 5.73 Å². The maximum atomic E-state index is 11.3. The number of carbonyl (C=O) groups excluding carboxylic acids is 2. The topological polar surface area (TPSA) is 72.6 Å². The van der Waals surface area contributed by atoms with E-state index >= 15 is 0 Å². The lowest BCUT2D eigenvalue weighted by molar-refractivity contribution is -0.149. The zero-order valence-corrected chi connectivity index (χ0v) is 13.1. The number of esters is 1. The number of methoxy groups -OCH3 is 1. The number of hydrogen-bond donors (Lipinski definition) is 1. The Morgan fingerprint density at radius 2 is 2.05 bits per heavy atom. The quantitative estimate of drug-likeness (QED) is 0.681. The fourth-order valence-corrected chi connectivity index (χ4v) is 3.72. The highest BCUT2D eigenvalue weighted by molar-refractivity contribution is 5.75. The third kappa shape index (κ3) is 2.56. The van der Waals surface area contributed by atoms with Crippen LogP contribution in [0.3, 0.4) is 0 Å². The molecule has 5 nitrogen and oxygen atoms in total. The Hall–Kier alpha value is -2.04. The number of nitrogens with two attached hydrogens (primary N) is 1. The van der Waals surface area contributed by atoms with Crippen molar-refractivity contribution in [1.82, 2.24) is 4.90 Å². The molecule has 2 N–H and O–H groups in total. The molecule has 0 bridgehead atoms. The maximum absolute atomic E-state index is 11.3. The first-order valence-corrected chi connectivity index (χ1v) is 7.63. The molecule has 1 spiro atoms. The second-order valence-corrected chi connectivity index (χ2v) is 6.69. The summed E-state index contributed by atoms with van der Waals surface area (Å²) in [6, 6.07) is 5.97. The Morgan fingerprint density at radius 1 is 1.36 bits per heavy atom. The van der Waals surface area contributed by atoms with Crippen LogP contribution in [0, 0.1) is 5.41 Å². The summed E-state index contributed by atoms with van der Waals surface area (Å²) in [4.78, 5) is 24.5. The molecule has 1 amide bonds. The normalized spacial score (nSPS) is 19.5. The van der Waals surface area contributed by atoms with Crippen LogP contribution in [-0.2, 0) is 20.7 Å². The van der Waals surface area contributed by atoms with E-state index in [1.807, 2.05) is 17.0 Å². The minimum absolute atomic E-state index is 0.172. The number of anilines is 1. The molecule has 1 aliphatic heterocycles. The predicted molar refractivity (Wildman–Crippen MR) is 83.2 cm³/mol. The van der Waals surface area contributed by atoms with Gasteiger partial charge < -0.3 is 15.4 Å². The molecule has 0 unspecified atom stereocenters. The number of amides is 1. The molecule has 0 aromatic heterocycles. The number of carbonyl (C=O) groups is 2. The van der Waals surface area contributed by atoms with Crippen molar-refractivity contribution in [3.05, 3.63) is 29.3 Å². The summed E-state index contributed by atoms with van der Waals surface area (Å²) < 4.78 is 4.67. The average molecular weight is 302 g/mol. The molecule has 0 radical (unpaired) electrons. The summed E-state index contributed by atoms with van der Waals surface area (Å²) in [5.41, 5.74) is 9.10. The molecule has 1 saturated heterocycles. The number of hydrogen-bond acceptors (Lipinski definition) is 4. The third-order valence-corrected chi connectivity index (χ3v) is 5.06. The lowest BCUT2D eigenvalue weighted by atomic mass is 9.56. The van der Waals surface area contributed by atoms with Crippen molar-refractivity contribution in [3.8, 4) is 0 Å². The van der Waals surface area contributed by atoms with Gasteiger partial charge in [0.2, 0.25) is 5.91 Å². The minimum atomic E-state index is -0.277. The molecule has 1 saturated carbocycles. The summed E-state index contributed by atoms with van der Waals surface area (Å²) in [6.07, 6.45) is 2.45. The summed E-state index contributed by atoms with van der Waals surface area (Å²) in [5.74, 6) is 0.412. The Labute approximate surface area is 130 Å². The molecular weight excluding hydrogens is 280 g/mol. The van der Waals surface area contributed by atoms with Crippen LogP contribution >= 0.6 is 0 Å². The highest BCUT2D eigenvalue weighted by atomic mass is 16.5. The van der Waals surface area contributed by atoms with Crippen molar-refractivity contribution in [2.75, 3.05) is 25.9 Å². The highest BCUT2D eigenvalue weighted by Gasteiger charge is 2.53. The molecule has 22 heavy (non-hydrogen) atoms. The summed E-state index contributed by atoms with van der Waals surface area (Å²) >= 11 is 0. The Bertz CT molecular complexity index is 612. The molecule has 0 atom stereocenters. The van der Waals surface area contributed by atoms with Crippen LogP contribution in [0.2, 0.25) is 0 Å².